The van der Waals surface area contributed by atoms with Crippen LogP contribution in [0.15, 0.2) is 12.3 Å². The third-order valence-electron chi connectivity index (χ3n) is 5.82. The van der Waals surface area contributed by atoms with Crippen molar-refractivity contribution in [2.45, 2.75) is 58.5 Å². The second kappa shape index (κ2) is 8.16. The molecule has 3 amide bonds. The van der Waals surface area contributed by atoms with Crippen molar-refractivity contribution >= 4 is 29.2 Å². The van der Waals surface area contributed by atoms with Crippen molar-refractivity contribution in [1.82, 2.24) is 15.2 Å². The lowest BCUT2D eigenvalue weighted by Crippen LogP contribution is -2.57. The van der Waals surface area contributed by atoms with Crippen molar-refractivity contribution in [1.29, 1.82) is 0 Å². The summed E-state index contributed by atoms with van der Waals surface area (Å²) in [5.74, 6) is -0.105. The van der Waals surface area contributed by atoms with Gasteiger partial charge in [0, 0.05) is 25.6 Å². The Bertz CT molecular complexity index is 775. The van der Waals surface area contributed by atoms with E-state index < -0.39 is 11.8 Å². The minimum atomic E-state index is -0.650. The van der Waals surface area contributed by atoms with Gasteiger partial charge in [-0.15, -0.1) is 0 Å². The maximum atomic E-state index is 12.9. The van der Waals surface area contributed by atoms with Crippen LogP contribution >= 0.6 is 0 Å². The summed E-state index contributed by atoms with van der Waals surface area (Å²) in [6, 6.07) is 1.93. The molecule has 0 unspecified atom stereocenters. The number of rotatable bonds is 3. The van der Waals surface area contributed by atoms with E-state index in [1.54, 1.807) is 17.9 Å². The molecule has 1 aromatic rings. The number of piperidine rings is 1. The van der Waals surface area contributed by atoms with E-state index in [4.69, 9.17) is 5.73 Å². The summed E-state index contributed by atoms with van der Waals surface area (Å²) >= 11 is 0. The number of nitrogens with zero attached hydrogens (tertiary/aromatic N) is 2. The van der Waals surface area contributed by atoms with Crippen LogP contribution in [-0.4, -0.2) is 46.2 Å². The van der Waals surface area contributed by atoms with Crippen LogP contribution < -0.4 is 16.4 Å². The molecule has 8 heteroatoms. The fraction of sp³-hybridized carbons (Fsp3) is 0.600. The van der Waals surface area contributed by atoms with E-state index >= 15 is 0 Å². The number of likely N-dealkylation sites (tertiary alicyclic amines) is 1. The number of hydrogen-bond donors (Lipinski definition) is 3. The van der Waals surface area contributed by atoms with Gasteiger partial charge in [0.1, 0.15) is 5.82 Å². The first kappa shape index (κ1) is 20.1. The van der Waals surface area contributed by atoms with Gasteiger partial charge in [0.2, 0.25) is 5.91 Å². The number of nitrogen functional groups attached to an aromatic ring is 1. The Morgan fingerprint density at radius 3 is 2.61 bits per heavy atom. The van der Waals surface area contributed by atoms with E-state index in [0.29, 0.717) is 29.9 Å². The number of carbonyl (C=O) groups is 3. The molecular weight excluding hydrogens is 358 g/mol. The zero-order valence-corrected chi connectivity index (χ0v) is 16.7. The first-order valence-electron chi connectivity index (χ1n) is 9.85. The predicted octanol–water partition coefficient (Wildman–Crippen LogP) is 1.45. The van der Waals surface area contributed by atoms with Gasteiger partial charge in [-0.1, -0.05) is 6.92 Å². The second-order valence-corrected chi connectivity index (χ2v) is 8.22. The highest BCUT2D eigenvalue weighted by atomic mass is 16.2. The molecule has 28 heavy (non-hydrogen) atoms. The summed E-state index contributed by atoms with van der Waals surface area (Å²) in [5, 5.41) is 5.57. The minimum Gasteiger partial charge on any atom is -0.383 e. The van der Waals surface area contributed by atoms with Crippen molar-refractivity contribution in [3.63, 3.8) is 0 Å². The summed E-state index contributed by atoms with van der Waals surface area (Å²) in [6.07, 6.45) is 5.09. The number of amides is 3. The first-order valence-corrected chi connectivity index (χ1v) is 9.85. The van der Waals surface area contributed by atoms with E-state index in [1.807, 2.05) is 0 Å². The fourth-order valence-corrected chi connectivity index (χ4v) is 4.25. The number of aromatic nitrogens is 1. The summed E-state index contributed by atoms with van der Waals surface area (Å²) < 4.78 is 0. The first-order chi connectivity index (χ1) is 13.2. The third kappa shape index (κ3) is 4.43. The summed E-state index contributed by atoms with van der Waals surface area (Å²) in [6.45, 7) is 5.99. The Morgan fingerprint density at radius 1 is 1.25 bits per heavy atom. The van der Waals surface area contributed by atoms with Gasteiger partial charge in [-0.05, 0) is 56.1 Å². The zero-order valence-electron chi connectivity index (χ0n) is 16.7. The van der Waals surface area contributed by atoms with Crippen LogP contribution in [0.4, 0.5) is 11.5 Å². The van der Waals surface area contributed by atoms with Crippen LogP contribution in [0.5, 0.6) is 0 Å². The number of nitrogens with two attached hydrogens (primary N) is 1. The van der Waals surface area contributed by atoms with E-state index in [-0.39, 0.29) is 18.0 Å². The average Bonchev–Trinajstić information content (AvgIpc) is 2.60. The second-order valence-electron chi connectivity index (χ2n) is 8.22. The van der Waals surface area contributed by atoms with Crippen LogP contribution in [0.1, 0.15) is 45.1 Å². The Balaban J connectivity index is 1.65. The van der Waals surface area contributed by atoms with Crippen LogP contribution in [0.2, 0.25) is 0 Å². The van der Waals surface area contributed by atoms with Gasteiger partial charge in [0.05, 0.1) is 11.9 Å². The van der Waals surface area contributed by atoms with Crippen LogP contribution in [0.25, 0.3) is 0 Å². The molecule has 0 spiro atoms. The SMILES string of the molecule is CC(=O)N[C@H]1C[C@H]([C@@H]2CC[C@@H](C)CN2C(=O)C(=O)Nc2cnc(N)c(C)c2)C1. The largest absolute Gasteiger partial charge is 0.383 e. The quantitative estimate of drug-likeness (QED) is 0.679. The lowest BCUT2D eigenvalue weighted by Gasteiger charge is -2.48. The van der Waals surface area contributed by atoms with Crippen LogP contribution in [0.3, 0.4) is 0 Å². The molecule has 1 aliphatic carbocycles. The Kier molecular flexibility index (Phi) is 5.86. The van der Waals surface area contributed by atoms with Gasteiger partial charge in [0.25, 0.3) is 0 Å². The maximum Gasteiger partial charge on any atom is 0.313 e. The highest BCUT2D eigenvalue weighted by Gasteiger charge is 2.43. The molecule has 0 aromatic carbocycles. The van der Waals surface area contributed by atoms with Gasteiger partial charge in [0.15, 0.2) is 0 Å². The van der Waals surface area contributed by atoms with Gasteiger partial charge in [-0.2, -0.15) is 0 Å². The Hall–Kier alpha value is -2.64. The molecule has 2 heterocycles. The predicted molar refractivity (Wildman–Crippen MR) is 106 cm³/mol. The van der Waals surface area contributed by atoms with Crippen molar-refractivity contribution < 1.29 is 14.4 Å². The molecule has 2 atom stereocenters. The number of nitrogens with one attached hydrogen (secondary N) is 2. The average molecular weight is 387 g/mol. The molecule has 152 valence electrons. The molecule has 1 aromatic heterocycles. The lowest BCUT2D eigenvalue weighted by molar-refractivity contribution is -0.148. The number of pyridine rings is 1. The van der Waals surface area contributed by atoms with Gasteiger partial charge in [-0.25, -0.2) is 4.98 Å². The molecule has 1 saturated carbocycles. The van der Waals surface area contributed by atoms with E-state index in [0.717, 1.165) is 31.2 Å². The normalized spacial score (nSPS) is 26.9. The molecule has 3 rings (SSSR count). The fourth-order valence-electron chi connectivity index (χ4n) is 4.25. The molecule has 1 saturated heterocycles. The highest BCUT2D eigenvalue weighted by molar-refractivity contribution is 6.39. The molecule has 4 N–H and O–H groups in total. The smallest absolute Gasteiger partial charge is 0.313 e. The molecule has 0 radical (unpaired) electrons. The number of anilines is 2. The monoisotopic (exact) mass is 387 g/mol. The van der Waals surface area contributed by atoms with E-state index in [2.05, 4.69) is 22.5 Å². The molecule has 2 fully saturated rings. The topological polar surface area (TPSA) is 117 Å². The zero-order chi connectivity index (χ0) is 20.4. The highest BCUT2D eigenvalue weighted by Crippen LogP contribution is 2.38. The summed E-state index contributed by atoms with van der Waals surface area (Å²) in [5.41, 5.74) is 6.90. The van der Waals surface area contributed by atoms with E-state index in [9.17, 15) is 14.4 Å². The number of carbonyl (C=O) groups excluding carboxylic acids is 3. The lowest BCUT2D eigenvalue weighted by atomic mass is 9.71. The Labute approximate surface area is 165 Å². The van der Waals surface area contributed by atoms with Crippen molar-refractivity contribution in [3.8, 4) is 0 Å². The van der Waals surface area contributed by atoms with Crippen LogP contribution in [0, 0.1) is 18.8 Å². The summed E-state index contributed by atoms with van der Waals surface area (Å²) in [4.78, 5) is 42.5. The van der Waals surface area contributed by atoms with Crippen molar-refractivity contribution in [2.75, 3.05) is 17.6 Å². The molecule has 8 nitrogen and oxygen atoms in total. The molecule has 1 aliphatic heterocycles. The van der Waals surface area contributed by atoms with E-state index in [1.165, 1.54) is 13.1 Å². The molecule has 0 bridgehead atoms. The van der Waals surface area contributed by atoms with Gasteiger partial charge >= 0.3 is 11.8 Å². The number of aryl methyl sites for hydroxylation is 1. The Morgan fingerprint density at radius 2 is 1.96 bits per heavy atom. The van der Waals surface area contributed by atoms with Crippen LogP contribution in [-0.2, 0) is 14.4 Å². The number of hydrogen-bond acceptors (Lipinski definition) is 5. The maximum absolute atomic E-state index is 12.9. The standard InChI is InChI=1S/C20H29N5O3/c1-11-4-5-17(14-7-15(8-14)23-13(3)26)25(10-11)20(28)19(27)24-16-6-12(2)18(21)22-9-16/h6,9,11,14-15,17H,4-5,7-8,10H2,1-3H3,(H2,21,22)(H,23,26)(H,24,27)/t11-,14-,15-,17+/m1/s1. The molecular formula is C20H29N5O3. The molecule has 2 aliphatic rings. The third-order valence-corrected chi connectivity index (χ3v) is 5.82. The van der Waals surface area contributed by atoms with Gasteiger partial charge in [-0.3, -0.25) is 14.4 Å². The van der Waals surface area contributed by atoms with Crippen molar-refractivity contribution in [3.05, 3.63) is 17.8 Å². The van der Waals surface area contributed by atoms with Gasteiger partial charge < -0.3 is 21.3 Å². The summed E-state index contributed by atoms with van der Waals surface area (Å²) in [7, 11) is 0. The van der Waals surface area contributed by atoms with Crippen molar-refractivity contribution in [2.24, 2.45) is 11.8 Å². The minimum absolute atomic E-state index is 0.0274.